The number of aryl methyl sites for hydroxylation is 1. The van der Waals surface area contributed by atoms with Gasteiger partial charge in [-0.15, -0.1) is 0 Å². The minimum Gasteiger partial charge on any atom is -0.370 e. The molecule has 2 N–H and O–H groups in total. The Labute approximate surface area is 132 Å². The van der Waals surface area contributed by atoms with E-state index in [0.29, 0.717) is 12.6 Å². The van der Waals surface area contributed by atoms with E-state index in [4.69, 9.17) is 5.73 Å². The van der Waals surface area contributed by atoms with Crippen LogP contribution in [-0.4, -0.2) is 43.8 Å². The van der Waals surface area contributed by atoms with Crippen molar-refractivity contribution in [3.05, 3.63) is 35.4 Å². The maximum absolute atomic E-state index is 12.0. The predicted octanol–water partition coefficient (Wildman–Crippen LogP) is 1.42. The lowest BCUT2D eigenvalue weighted by atomic mass is 9.99. The summed E-state index contributed by atoms with van der Waals surface area (Å²) in [7, 11) is -3.22. The molecule has 1 aliphatic heterocycles. The van der Waals surface area contributed by atoms with Gasteiger partial charge in [0.05, 0.1) is 11.5 Å². The SMILES string of the molecule is Cc1ccccc1[C@H]1CCCN1CCS(=O)(=O)CCC(N)=O. The van der Waals surface area contributed by atoms with Gasteiger partial charge in [0.2, 0.25) is 5.91 Å². The molecule has 0 bridgehead atoms. The first-order valence-electron chi connectivity index (χ1n) is 7.67. The predicted molar refractivity (Wildman–Crippen MR) is 87.2 cm³/mol. The van der Waals surface area contributed by atoms with Gasteiger partial charge >= 0.3 is 0 Å². The average molecular weight is 324 g/mol. The van der Waals surface area contributed by atoms with E-state index in [1.165, 1.54) is 11.1 Å². The molecule has 1 aromatic rings. The van der Waals surface area contributed by atoms with Crippen LogP contribution in [0.5, 0.6) is 0 Å². The summed E-state index contributed by atoms with van der Waals surface area (Å²) in [5, 5.41) is 0. The molecule has 122 valence electrons. The van der Waals surface area contributed by atoms with Crippen LogP contribution in [0, 0.1) is 6.92 Å². The van der Waals surface area contributed by atoms with E-state index in [1.807, 2.05) is 12.1 Å². The smallest absolute Gasteiger partial charge is 0.218 e. The maximum Gasteiger partial charge on any atom is 0.218 e. The molecule has 22 heavy (non-hydrogen) atoms. The fourth-order valence-electron chi connectivity index (χ4n) is 3.02. The van der Waals surface area contributed by atoms with Gasteiger partial charge in [-0.05, 0) is 37.4 Å². The molecule has 0 saturated carbocycles. The zero-order valence-electron chi connectivity index (χ0n) is 13.0. The van der Waals surface area contributed by atoms with Crippen molar-refractivity contribution >= 4 is 15.7 Å². The van der Waals surface area contributed by atoms with Crippen molar-refractivity contribution in [2.75, 3.05) is 24.6 Å². The Morgan fingerprint density at radius 1 is 1.32 bits per heavy atom. The molecule has 1 fully saturated rings. The average Bonchev–Trinajstić information content (AvgIpc) is 2.92. The van der Waals surface area contributed by atoms with E-state index in [9.17, 15) is 13.2 Å². The van der Waals surface area contributed by atoms with Crippen LogP contribution in [0.2, 0.25) is 0 Å². The van der Waals surface area contributed by atoms with Crippen LogP contribution in [0.25, 0.3) is 0 Å². The van der Waals surface area contributed by atoms with Crippen LogP contribution in [-0.2, 0) is 14.6 Å². The minimum atomic E-state index is -3.22. The number of rotatable bonds is 7. The number of hydrogen-bond acceptors (Lipinski definition) is 4. The normalized spacial score (nSPS) is 19.4. The zero-order chi connectivity index (χ0) is 16.2. The topological polar surface area (TPSA) is 80.5 Å². The van der Waals surface area contributed by atoms with Crippen molar-refractivity contribution in [2.45, 2.75) is 32.2 Å². The highest BCUT2D eigenvalue weighted by molar-refractivity contribution is 7.91. The van der Waals surface area contributed by atoms with E-state index in [2.05, 4.69) is 24.0 Å². The molecule has 1 saturated heterocycles. The van der Waals surface area contributed by atoms with Gasteiger partial charge in [-0.3, -0.25) is 9.69 Å². The van der Waals surface area contributed by atoms with Gasteiger partial charge in [0, 0.05) is 19.0 Å². The molecule has 0 unspecified atom stereocenters. The largest absolute Gasteiger partial charge is 0.370 e. The first-order valence-corrected chi connectivity index (χ1v) is 9.49. The van der Waals surface area contributed by atoms with Crippen LogP contribution >= 0.6 is 0 Å². The molecule has 0 radical (unpaired) electrons. The van der Waals surface area contributed by atoms with Crippen molar-refractivity contribution in [3.63, 3.8) is 0 Å². The number of benzene rings is 1. The standard InChI is InChI=1S/C16H24N2O3S/c1-13-5-2-3-6-14(13)15-7-4-9-18(15)10-12-22(20,21)11-8-16(17)19/h2-3,5-6,15H,4,7-12H2,1H3,(H2,17,19)/t15-/m1/s1. The lowest BCUT2D eigenvalue weighted by Gasteiger charge is -2.26. The third-order valence-electron chi connectivity index (χ3n) is 4.26. The Hall–Kier alpha value is -1.40. The van der Waals surface area contributed by atoms with Gasteiger partial charge in [0.1, 0.15) is 0 Å². The molecule has 0 spiro atoms. The summed E-state index contributed by atoms with van der Waals surface area (Å²) < 4.78 is 23.9. The fourth-order valence-corrected chi connectivity index (χ4v) is 4.25. The van der Waals surface area contributed by atoms with E-state index in [1.54, 1.807) is 0 Å². The second kappa shape index (κ2) is 7.24. The third kappa shape index (κ3) is 4.55. The highest BCUT2D eigenvalue weighted by Crippen LogP contribution is 2.33. The van der Waals surface area contributed by atoms with Crippen LogP contribution in [0.3, 0.4) is 0 Å². The van der Waals surface area contributed by atoms with Gasteiger partial charge in [-0.1, -0.05) is 24.3 Å². The summed E-state index contributed by atoms with van der Waals surface area (Å²) in [6, 6.07) is 8.57. The number of hydrogen-bond donors (Lipinski definition) is 1. The molecule has 1 aliphatic rings. The summed E-state index contributed by atoms with van der Waals surface area (Å²) in [5.41, 5.74) is 7.55. The number of nitrogens with zero attached hydrogens (tertiary/aromatic N) is 1. The monoisotopic (exact) mass is 324 g/mol. The molecule has 1 heterocycles. The minimum absolute atomic E-state index is 0.0860. The molecule has 1 atom stereocenters. The molecular weight excluding hydrogens is 300 g/mol. The second-order valence-electron chi connectivity index (χ2n) is 5.92. The third-order valence-corrected chi connectivity index (χ3v) is 5.89. The highest BCUT2D eigenvalue weighted by Gasteiger charge is 2.27. The molecule has 5 nitrogen and oxygen atoms in total. The molecular formula is C16H24N2O3S. The van der Waals surface area contributed by atoms with E-state index in [0.717, 1.165) is 19.4 Å². The van der Waals surface area contributed by atoms with Crippen molar-refractivity contribution in [3.8, 4) is 0 Å². The molecule has 1 aromatic carbocycles. The Morgan fingerprint density at radius 3 is 2.73 bits per heavy atom. The van der Waals surface area contributed by atoms with Crippen LogP contribution in [0.4, 0.5) is 0 Å². The highest BCUT2D eigenvalue weighted by atomic mass is 32.2. The van der Waals surface area contributed by atoms with Crippen LogP contribution in [0.1, 0.15) is 36.4 Å². The van der Waals surface area contributed by atoms with Gasteiger partial charge in [0.15, 0.2) is 9.84 Å². The summed E-state index contributed by atoms with van der Waals surface area (Å²) in [5.74, 6) is -0.629. The number of nitrogens with two attached hydrogens (primary N) is 1. The first-order chi connectivity index (χ1) is 10.4. The van der Waals surface area contributed by atoms with E-state index >= 15 is 0 Å². The summed E-state index contributed by atoms with van der Waals surface area (Å²) >= 11 is 0. The number of primary amides is 1. The zero-order valence-corrected chi connectivity index (χ0v) is 13.8. The van der Waals surface area contributed by atoms with Gasteiger partial charge in [-0.25, -0.2) is 8.42 Å². The number of likely N-dealkylation sites (tertiary alicyclic amines) is 1. The van der Waals surface area contributed by atoms with Crippen molar-refractivity contribution in [1.82, 2.24) is 4.90 Å². The number of amides is 1. The van der Waals surface area contributed by atoms with Gasteiger partial charge in [0.25, 0.3) is 0 Å². The molecule has 1 amide bonds. The lowest BCUT2D eigenvalue weighted by molar-refractivity contribution is -0.117. The molecule has 2 rings (SSSR count). The second-order valence-corrected chi connectivity index (χ2v) is 8.22. The van der Waals surface area contributed by atoms with E-state index < -0.39 is 15.7 Å². The summed E-state index contributed by atoms with van der Waals surface area (Å²) in [6.07, 6.45) is 2.05. The quantitative estimate of drug-likeness (QED) is 0.822. The summed E-state index contributed by atoms with van der Waals surface area (Å²) in [4.78, 5) is 13.0. The van der Waals surface area contributed by atoms with Crippen molar-refractivity contribution in [1.29, 1.82) is 0 Å². The number of carbonyl (C=O) groups excluding carboxylic acids is 1. The van der Waals surface area contributed by atoms with Gasteiger partial charge in [-0.2, -0.15) is 0 Å². The molecule has 0 aliphatic carbocycles. The molecule has 6 heteroatoms. The Bertz CT molecular complexity index is 628. The van der Waals surface area contributed by atoms with Gasteiger partial charge < -0.3 is 5.73 Å². The maximum atomic E-state index is 12.0. The lowest BCUT2D eigenvalue weighted by Crippen LogP contribution is -2.31. The molecule has 0 aromatic heterocycles. The van der Waals surface area contributed by atoms with Crippen LogP contribution < -0.4 is 5.73 Å². The summed E-state index contributed by atoms with van der Waals surface area (Å²) in [6.45, 7) is 3.53. The first kappa shape index (κ1) is 17.0. The fraction of sp³-hybridized carbons (Fsp3) is 0.562. The number of sulfone groups is 1. The Morgan fingerprint density at radius 2 is 2.05 bits per heavy atom. The van der Waals surface area contributed by atoms with E-state index in [-0.39, 0.29) is 17.9 Å². The van der Waals surface area contributed by atoms with Crippen LogP contribution in [0.15, 0.2) is 24.3 Å². The Balaban J connectivity index is 1.97. The number of carbonyl (C=O) groups is 1. The van der Waals surface area contributed by atoms with Crippen molar-refractivity contribution < 1.29 is 13.2 Å². The van der Waals surface area contributed by atoms with Crippen molar-refractivity contribution in [2.24, 2.45) is 5.73 Å². The Kier molecular flexibility index (Phi) is 5.58.